The van der Waals surface area contributed by atoms with Gasteiger partial charge in [0.1, 0.15) is 16.2 Å². The predicted octanol–water partition coefficient (Wildman–Crippen LogP) is 6.14. The fourth-order valence-corrected chi connectivity index (χ4v) is 5.91. The number of alkyl halides is 3. The monoisotopic (exact) mass is 555 g/mol. The SMILES string of the molecule is CCCC1(CCC)C(=O)C(C2=NS(O)(O)c3cc(N)ccc3N2)=C(O)c2ccccc21.O=C(O)C(F)(F)F. The van der Waals surface area contributed by atoms with Gasteiger partial charge in [-0.3, -0.25) is 13.9 Å². The summed E-state index contributed by atoms with van der Waals surface area (Å²) < 4.78 is 57.2. The predicted molar refractivity (Wildman–Crippen MR) is 139 cm³/mol. The zero-order valence-electron chi connectivity index (χ0n) is 20.5. The Kier molecular flexibility index (Phi) is 8.15. The first-order chi connectivity index (χ1) is 17.7. The molecule has 1 aliphatic carbocycles. The molecule has 9 nitrogen and oxygen atoms in total. The molecular weight excluding hydrogens is 527 g/mol. The largest absolute Gasteiger partial charge is 0.506 e. The van der Waals surface area contributed by atoms with E-state index < -0.39 is 28.3 Å². The van der Waals surface area contributed by atoms with Gasteiger partial charge in [0.2, 0.25) is 0 Å². The fourth-order valence-electron chi connectivity index (χ4n) is 4.71. The van der Waals surface area contributed by atoms with Crippen molar-refractivity contribution in [3.05, 3.63) is 59.2 Å². The number of hydrogen-bond donors (Lipinski definition) is 6. The minimum atomic E-state index is -5.08. The average molecular weight is 556 g/mol. The third kappa shape index (κ3) is 5.35. The summed E-state index contributed by atoms with van der Waals surface area (Å²) in [5.74, 6) is -3.25. The van der Waals surface area contributed by atoms with Crippen LogP contribution in [0.25, 0.3) is 5.76 Å². The molecule has 0 aromatic heterocycles. The van der Waals surface area contributed by atoms with E-state index in [0.29, 0.717) is 29.8 Å². The van der Waals surface area contributed by atoms with E-state index in [1.165, 1.54) is 6.07 Å². The van der Waals surface area contributed by atoms with Gasteiger partial charge in [0.15, 0.2) is 11.6 Å². The zero-order valence-corrected chi connectivity index (χ0v) is 21.4. The van der Waals surface area contributed by atoms with Crippen LogP contribution in [0.5, 0.6) is 0 Å². The summed E-state index contributed by atoms with van der Waals surface area (Å²) in [6.07, 6.45) is -2.29. The van der Waals surface area contributed by atoms with Crippen LogP contribution in [0.1, 0.15) is 50.7 Å². The van der Waals surface area contributed by atoms with Crippen molar-refractivity contribution in [2.45, 2.75) is 56.0 Å². The molecule has 0 radical (unpaired) electrons. The number of carboxylic acids is 1. The maximum absolute atomic E-state index is 14.0. The molecule has 206 valence electrons. The van der Waals surface area contributed by atoms with Gasteiger partial charge in [0.05, 0.1) is 11.1 Å². The second-order valence-electron chi connectivity index (χ2n) is 8.82. The number of nitrogens with one attached hydrogen (secondary N) is 1. The van der Waals surface area contributed by atoms with Crippen LogP contribution < -0.4 is 11.1 Å². The Bertz CT molecular complexity index is 1320. The summed E-state index contributed by atoms with van der Waals surface area (Å²) in [4.78, 5) is 23.0. The highest BCUT2D eigenvalue weighted by Gasteiger charge is 2.48. The standard InChI is InChI=1S/C23H27N3O4S.C2HF3O2/c1-3-11-23(12-4-2)16-8-6-5-7-15(16)20(27)19(21(23)28)22-25-17-10-9-14(24)13-18(17)31(29,30)26-22;3-2(4,5)1(6)7/h5-10,13,27,29-30H,3-4,11-12,24H2,1-2H3,(H,25,26);(H,6,7). The number of carbonyl (C=O) groups is 2. The molecule has 13 heteroatoms. The van der Waals surface area contributed by atoms with Crippen molar-refractivity contribution in [1.82, 2.24) is 0 Å². The number of Topliss-reactive ketones (excluding diaryl/α,β-unsaturated/α-hetero) is 1. The summed E-state index contributed by atoms with van der Waals surface area (Å²) in [5.41, 5.74) is 7.11. The van der Waals surface area contributed by atoms with Crippen LogP contribution in [-0.2, 0) is 15.0 Å². The summed E-state index contributed by atoms with van der Waals surface area (Å²) in [7, 11) is -3.60. The van der Waals surface area contributed by atoms with Crippen molar-refractivity contribution < 1.29 is 42.1 Å². The molecule has 0 unspecified atom stereocenters. The number of anilines is 2. The number of hydrogen-bond acceptors (Lipinski definition) is 8. The normalized spacial score (nSPS) is 18.2. The van der Waals surface area contributed by atoms with E-state index in [2.05, 4.69) is 9.71 Å². The maximum Gasteiger partial charge on any atom is 0.490 e. The van der Waals surface area contributed by atoms with Crippen LogP contribution in [0, 0.1) is 0 Å². The highest BCUT2D eigenvalue weighted by molar-refractivity contribution is 8.23. The Labute approximate surface area is 218 Å². The lowest BCUT2D eigenvalue weighted by atomic mass is 9.63. The van der Waals surface area contributed by atoms with Crippen LogP contribution in [0.15, 0.2) is 57.3 Å². The molecule has 2 aromatic rings. The van der Waals surface area contributed by atoms with E-state index in [4.69, 9.17) is 15.6 Å². The number of nitrogen functional groups attached to an aromatic ring is 1. The number of carboxylic acid groups (broad SMARTS) is 1. The second-order valence-corrected chi connectivity index (χ2v) is 10.5. The molecule has 0 fully saturated rings. The molecule has 2 aliphatic rings. The maximum atomic E-state index is 14.0. The third-order valence-corrected chi connectivity index (χ3v) is 7.57. The molecule has 0 atom stereocenters. The molecular formula is C25H28F3N3O6S. The first kappa shape index (κ1) is 29.0. The number of aliphatic hydroxyl groups is 1. The molecule has 0 spiro atoms. The van der Waals surface area contributed by atoms with Gasteiger partial charge in [-0.25, -0.2) is 4.79 Å². The van der Waals surface area contributed by atoms with Crippen molar-refractivity contribution in [3.8, 4) is 0 Å². The quantitative estimate of drug-likeness (QED) is 0.239. The number of amidine groups is 1. The highest BCUT2D eigenvalue weighted by atomic mass is 32.3. The average Bonchev–Trinajstić information content (AvgIpc) is 2.83. The minimum absolute atomic E-state index is 0.0111. The number of carbonyl (C=O) groups excluding carboxylic acids is 1. The number of benzene rings is 2. The minimum Gasteiger partial charge on any atom is -0.506 e. The van der Waals surface area contributed by atoms with Crippen LogP contribution in [-0.4, -0.2) is 43.1 Å². The van der Waals surface area contributed by atoms with Crippen molar-refractivity contribution in [1.29, 1.82) is 0 Å². The lowest BCUT2D eigenvalue weighted by Crippen LogP contribution is -2.44. The van der Waals surface area contributed by atoms with Crippen molar-refractivity contribution >= 4 is 45.5 Å². The van der Waals surface area contributed by atoms with Gasteiger partial charge in [-0.1, -0.05) is 61.7 Å². The van der Waals surface area contributed by atoms with Crippen molar-refractivity contribution in [2.24, 2.45) is 4.40 Å². The summed E-state index contributed by atoms with van der Waals surface area (Å²) >= 11 is 0. The Morgan fingerprint density at radius 2 is 1.68 bits per heavy atom. The number of ketones is 1. The number of aliphatic carboxylic acids is 1. The Hall–Kier alpha value is -3.55. The van der Waals surface area contributed by atoms with Gasteiger partial charge in [0.25, 0.3) is 0 Å². The first-order valence-electron chi connectivity index (χ1n) is 11.6. The molecule has 0 bridgehead atoms. The Balaban J connectivity index is 0.000000505. The van der Waals surface area contributed by atoms with Crippen LogP contribution in [0.4, 0.5) is 24.5 Å². The van der Waals surface area contributed by atoms with Crippen molar-refractivity contribution in [2.75, 3.05) is 11.1 Å². The van der Waals surface area contributed by atoms with E-state index in [1.54, 1.807) is 18.2 Å². The molecule has 0 saturated heterocycles. The van der Waals surface area contributed by atoms with Crippen LogP contribution >= 0.6 is 10.8 Å². The van der Waals surface area contributed by atoms with Gasteiger partial charge in [0, 0.05) is 11.3 Å². The smallest absolute Gasteiger partial charge is 0.490 e. The number of nitrogens with zero attached hydrogens (tertiary/aromatic N) is 1. The highest BCUT2D eigenvalue weighted by Crippen LogP contribution is 2.57. The van der Waals surface area contributed by atoms with Crippen LogP contribution in [0.2, 0.25) is 0 Å². The first-order valence-corrected chi connectivity index (χ1v) is 13.1. The number of fused-ring (bicyclic) bond motifs is 2. The van der Waals surface area contributed by atoms with Gasteiger partial charge in [-0.2, -0.15) is 13.2 Å². The Morgan fingerprint density at radius 3 is 2.24 bits per heavy atom. The molecule has 4 rings (SSSR count). The van der Waals surface area contributed by atoms with E-state index in [9.17, 15) is 32.2 Å². The zero-order chi connectivity index (χ0) is 28.5. The van der Waals surface area contributed by atoms with Gasteiger partial charge >= 0.3 is 12.1 Å². The second kappa shape index (κ2) is 10.7. The number of aliphatic hydroxyl groups excluding tert-OH is 1. The molecule has 1 heterocycles. The summed E-state index contributed by atoms with van der Waals surface area (Å²) in [5, 5.41) is 21.3. The van der Waals surface area contributed by atoms with Gasteiger partial charge in [-0.05, 0) is 36.6 Å². The molecule has 1 aliphatic heterocycles. The third-order valence-electron chi connectivity index (χ3n) is 6.20. The lowest BCUT2D eigenvalue weighted by Gasteiger charge is -2.40. The molecule has 38 heavy (non-hydrogen) atoms. The van der Waals surface area contributed by atoms with E-state index in [-0.39, 0.29) is 27.8 Å². The summed E-state index contributed by atoms with van der Waals surface area (Å²) in [6, 6.07) is 12.0. The molecule has 2 aromatic carbocycles. The van der Waals surface area contributed by atoms with Crippen molar-refractivity contribution in [3.63, 3.8) is 0 Å². The molecule has 0 amide bonds. The van der Waals surface area contributed by atoms with E-state index in [0.717, 1.165) is 18.4 Å². The number of rotatable bonds is 5. The topological polar surface area (TPSA) is 165 Å². The van der Waals surface area contributed by atoms with E-state index >= 15 is 0 Å². The number of halogens is 3. The molecule has 7 N–H and O–H groups in total. The fraction of sp³-hybridized carbons (Fsp3) is 0.320. The molecule has 0 saturated carbocycles. The van der Waals surface area contributed by atoms with Gasteiger partial charge < -0.3 is 21.3 Å². The Morgan fingerprint density at radius 1 is 1.11 bits per heavy atom. The van der Waals surface area contributed by atoms with Gasteiger partial charge in [-0.15, -0.1) is 4.40 Å². The van der Waals surface area contributed by atoms with E-state index in [1.807, 2.05) is 32.0 Å². The lowest BCUT2D eigenvalue weighted by molar-refractivity contribution is -0.192. The van der Waals surface area contributed by atoms with Crippen LogP contribution in [0.3, 0.4) is 0 Å². The summed E-state index contributed by atoms with van der Waals surface area (Å²) in [6.45, 7) is 4.05. The number of nitrogens with two attached hydrogens (primary N) is 1.